The zero-order valence-electron chi connectivity index (χ0n) is 11.5. The smallest absolute Gasteiger partial charge is 0.320 e. The Morgan fingerprint density at radius 2 is 1.57 bits per heavy atom. The lowest BCUT2D eigenvalue weighted by Crippen LogP contribution is -2.32. The Bertz CT molecular complexity index is 508. The van der Waals surface area contributed by atoms with Crippen LogP contribution in [0.4, 0.5) is 0 Å². The van der Waals surface area contributed by atoms with E-state index in [1.807, 2.05) is 0 Å². The summed E-state index contributed by atoms with van der Waals surface area (Å²) in [5.74, 6) is -3.60. The van der Waals surface area contributed by atoms with Gasteiger partial charge in [-0.3, -0.25) is 9.59 Å². The molecule has 0 aromatic heterocycles. The van der Waals surface area contributed by atoms with Gasteiger partial charge in [0, 0.05) is 22.4 Å². The van der Waals surface area contributed by atoms with Gasteiger partial charge in [0.25, 0.3) is 0 Å². The molecule has 1 rings (SSSR count). The Morgan fingerprint density at radius 1 is 1.10 bits per heavy atom. The molecule has 0 radical (unpaired) electrons. The first-order valence-corrected chi connectivity index (χ1v) is 6.75. The minimum absolute atomic E-state index is 0.0778. The Labute approximate surface area is 132 Å². The molecule has 0 amide bonds. The molecule has 1 aromatic carbocycles. The number of carbonyl (C=O) groups excluding carboxylic acids is 3. The number of methoxy groups -OCH3 is 2. The van der Waals surface area contributed by atoms with Crippen LogP contribution in [0.1, 0.15) is 17.9 Å². The summed E-state index contributed by atoms with van der Waals surface area (Å²) in [6.45, 7) is 0. The number of carbonyl (C=O) groups is 3. The van der Waals surface area contributed by atoms with Gasteiger partial charge >= 0.3 is 11.9 Å². The van der Waals surface area contributed by atoms with Crippen LogP contribution in [-0.4, -0.2) is 32.4 Å². The molecule has 0 saturated carbocycles. The lowest BCUT2D eigenvalue weighted by Gasteiger charge is -2.22. The summed E-state index contributed by atoms with van der Waals surface area (Å²) in [5.41, 5.74) is 0.486. The second-order valence-corrected chi connectivity index (χ2v) is 5.11. The van der Waals surface area contributed by atoms with Crippen LogP contribution in [0.2, 0.25) is 10.0 Å². The van der Waals surface area contributed by atoms with Crippen LogP contribution in [0.5, 0.6) is 0 Å². The SMILES string of the molecule is COC(=O)C(C(=O)OC)[C@H](CC=O)c1cc(Cl)cc(Cl)c1. The molecule has 0 spiro atoms. The standard InChI is InChI=1S/C14H14Cl2O5/c1-20-13(18)12(14(19)21-2)11(3-4-17)8-5-9(15)7-10(16)6-8/h4-7,11-12H,3H2,1-2H3/t11-/m1/s1. The summed E-state index contributed by atoms with van der Waals surface area (Å²) in [5, 5.41) is 0.670. The first-order chi connectivity index (χ1) is 9.94. The second kappa shape index (κ2) is 8.00. The van der Waals surface area contributed by atoms with Crippen molar-refractivity contribution in [1.29, 1.82) is 0 Å². The van der Waals surface area contributed by atoms with Crippen molar-refractivity contribution in [1.82, 2.24) is 0 Å². The van der Waals surface area contributed by atoms with Gasteiger partial charge in [-0.05, 0) is 23.8 Å². The number of halogens is 2. The molecule has 0 fully saturated rings. The van der Waals surface area contributed by atoms with E-state index in [0.717, 1.165) is 14.2 Å². The van der Waals surface area contributed by atoms with Gasteiger partial charge in [0.05, 0.1) is 14.2 Å². The number of aldehydes is 1. The number of esters is 2. The van der Waals surface area contributed by atoms with E-state index < -0.39 is 23.8 Å². The lowest BCUT2D eigenvalue weighted by atomic mass is 9.84. The normalized spacial score (nSPS) is 11.9. The van der Waals surface area contributed by atoms with Crippen LogP contribution in [-0.2, 0) is 23.9 Å². The van der Waals surface area contributed by atoms with Crippen molar-refractivity contribution in [3.05, 3.63) is 33.8 Å². The molecule has 0 aliphatic heterocycles. The number of hydrogen-bond donors (Lipinski definition) is 0. The van der Waals surface area contributed by atoms with Gasteiger partial charge in [0.2, 0.25) is 0 Å². The third-order valence-electron chi connectivity index (χ3n) is 2.98. The van der Waals surface area contributed by atoms with E-state index in [4.69, 9.17) is 23.2 Å². The maximum absolute atomic E-state index is 11.9. The molecule has 114 valence electrons. The lowest BCUT2D eigenvalue weighted by molar-refractivity contribution is -0.160. The summed E-state index contributed by atoms with van der Waals surface area (Å²) >= 11 is 11.8. The van der Waals surface area contributed by atoms with E-state index in [2.05, 4.69) is 9.47 Å². The molecule has 0 saturated heterocycles. The summed E-state index contributed by atoms with van der Waals surface area (Å²) in [7, 11) is 2.31. The predicted molar refractivity (Wildman–Crippen MR) is 77.4 cm³/mol. The highest BCUT2D eigenvalue weighted by Gasteiger charge is 2.37. The molecule has 21 heavy (non-hydrogen) atoms. The average molecular weight is 333 g/mol. The van der Waals surface area contributed by atoms with E-state index >= 15 is 0 Å². The maximum Gasteiger partial charge on any atom is 0.320 e. The van der Waals surface area contributed by atoms with Gasteiger partial charge in [0.1, 0.15) is 6.29 Å². The number of ether oxygens (including phenoxy) is 2. The van der Waals surface area contributed by atoms with Crippen molar-refractivity contribution in [2.75, 3.05) is 14.2 Å². The summed E-state index contributed by atoms with van der Waals surface area (Å²) < 4.78 is 9.25. The highest BCUT2D eigenvalue weighted by Crippen LogP contribution is 2.33. The number of benzene rings is 1. The van der Waals surface area contributed by atoms with Crippen LogP contribution in [0.25, 0.3) is 0 Å². The van der Waals surface area contributed by atoms with Gasteiger partial charge in [-0.15, -0.1) is 0 Å². The van der Waals surface area contributed by atoms with Crippen LogP contribution in [0.15, 0.2) is 18.2 Å². The Hall–Kier alpha value is -1.59. The molecule has 1 aromatic rings. The van der Waals surface area contributed by atoms with Crippen LogP contribution >= 0.6 is 23.2 Å². The van der Waals surface area contributed by atoms with Crippen molar-refractivity contribution in [2.24, 2.45) is 5.92 Å². The maximum atomic E-state index is 11.9. The summed E-state index contributed by atoms with van der Waals surface area (Å²) in [4.78, 5) is 34.6. The topological polar surface area (TPSA) is 69.7 Å². The molecular weight excluding hydrogens is 319 g/mol. The summed E-state index contributed by atoms with van der Waals surface area (Å²) in [6, 6.07) is 4.59. The van der Waals surface area contributed by atoms with Crippen LogP contribution < -0.4 is 0 Å². The molecule has 0 bridgehead atoms. The van der Waals surface area contributed by atoms with Gasteiger partial charge in [-0.2, -0.15) is 0 Å². The molecule has 0 aliphatic carbocycles. The molecule has 0 heterocycles. The largest absolute Gasteiger partial charge is 0.468 e. The fourth-order valence-corrected chi connectivity index (χ4v) is 2.58. The zero-order valence-corrected chi connectivity index (χ0v) is 13.0. The molecule has 0 N–H and O–H groups in total. The third kappa shape index (κ3) is 4.44. The van der Waals surface area contributed by atoms with Crippen molar-refractivity contribution >= 4 is 41.4 Å². The Morgan fingerprint density at radius 3 is 1.95 bits per heavy atom. The monoisotopic (exact) mass is 332 g/mol. The van der Waals surface area contributed by atoms with E-state index in [1.54, 1.807) is 12.1 Å². The Balaban J connectivity index is 3.32. The van der Waals surface area contributed by atoms with E-state index in [0.29, 0.717) is 21.9 Å². The molecule has 1 atom stereocenters. The number of rotatable bonds is 6. The summed E-state index contributed by atoms with van der Waals surface area (Å²) in [6.07, 6.45) is 0.532. The van der Waals surface area contributed by atoms with Gasteiger partial charge < -0.3 is 14.3 Å². The van der Waals surface area contributed by atoms with Gasteiger partial charge in [-0.1, -0.05) is 23.2 Å². The van der Waals surface area contributed by atoms with E-state index in [-0.39, 0.29) is 6.42 Å². The highest BCUT2D eigenvalue weighted by atomic mass is 35.5. The minimum Gasteiger partial charge on any atom is -0.468 e. The quantitative estimate of drug-likeness (QED) is 0.455. The molecule has 7 heteroatoms. The Kier molecular flexibility index (Phi) is 6.65. The van der Waals surface area contributed by atoms with Crippen LogP contribution in [0.3, 0.4) is 0 Å². The fourth-order valence-electron chi connectivity index (χ4n) is 2.04. The van der Waals surface area contributed by atoms with E-state index in [1.165, 1.54) is 6.07 Å². The van der Waals surface area contributed by atoms with Crippen LogP contribution in [0, 0.1) is 5.92 Å². The van der Waals surface area contributed by atoms with E-state index in [9.17, 15) is 14.4 Å². The van der Waals surface area contributed by atoms with Crippen molar-refractivity contribution < 1.29 is 23.9 Å². The first-order valence-electron chi connectivity index (χ1n) is 5.99. The minimum atomic E-state index is -1.26. The van der Waals surface area contributed by atoms with Gasteiger partial charge in [-0.25, -0.2) is 0 Å². The number of hydrogen-bond acceptors (Lipinski definition) is 5. The van der Waals surface area contributed by atoms with Crippen molar-refractivity contribution in [3.8, 4) is 0 Å². The molecular formula is C14H14Cl2O5. The second-order valence-electron chi connectivity index (χ2n) is 4.24. The molecule has 5 nitrogen and oxygen atoms in total. The first kappa shape index (κ1) is 17.5. The fraction of sp³-hybridized carbons (Fsp3) is 0.357. The molecule has 0 aliphatic rings. The van der Waals surface area contributed by atoms with Crippen molar-refractivity contribution in [2.45, 2.75) is 12.3 Å². The third-order valence-corrected chi connectivity index (χ3v) is 3.41. The highest BCUT2D eigenvalue weighted by molar-refractivity contribution is 6.34. The van der Waals surface area contributed by atoms with Crippen molar-refractivity contribution in [3.63, 3.8) is 0 Å². The molecule has 0 unspecified atom stereocenters. The van der Waals surface area contributed by atoms with Gasteiger partial charge in [0.15, 0.2) is 5.92 Å². The zero-order chi connectivity index (χ0) is 16.0. The average Bonchev–Trinajstić information content (AvgIpc) is 2.44. The predicted octanol–water partition coefficient (Wildman–Crippen LogP) is 2.63.